The Labute approximate surface area is 109 Å². The molecule has 0 radical (unpaired) electrons. The summed E-state index contributed by atoms with van der Waals surface area (Å²) >= 11 is 0. The van der Waals surface area contributed by atoms with Crippen molar-refractivity contribution in [1.29, 1.82) is 0 Å². The van der Waals surface area contributed by atoms with Crippen LogP contribution in [-0.2, 0) is 11.2 Å². The molecule has 1 heterocycles. The topological polar surface area (TPSA) is 56.0 Å². The molecule has 1 aromatic rings. The fourth-order valence-corrected chi connectivity index (χ4v) is 2.88. The third-order valence-electron chi connectivity index (χ3n) is 4.16. The minimum Gasteiger partial charge on any atom is -0.329 e. The van der Waals surface area contributed by atoms with Gasteiger partial charge in [-0.15, -0.1) is 0 Å². The van der Waals surface area contributed by atoms with Gasteiger partial charge in [-0.05, 0) is 30.5 Å². The Hall–Kier alpha value is -1.22. The van der Waals surface area contributed by atoms with Gasteiger partial charge < -0.3 is 5.73 Å². The van der Waals surface area contributed by atoms with Crippen molar-refractivity contribution in [3.05, 3.63) is 30.1 Å². The number of aromatic nitrogens is 1. The average molecular weight is 246 g/mol. The van der Waals surface area contributed by atoms with E-state index in [0.717, 1.165) is 31.2 Å². The second-order valence-electron chi connectivity index (χ2n) is 5.35. The molecule has 0 spiro atoms. The van der Waals surface area contributed by atoms with Crippen molar-refractivity contribution in [3.8, 4) is 0 Å². The molecule has 1 aliphatic carbocycles. The van der Waals surface area contributed by atoms with E-state index in [1.165, 1.54) is 12.8 Å². The van der Waals surface area contributed by atoms with Gasteiger partial charge in [0.1, 0.15) is 5.78 Å². The van der Waals surface area contributed by atoms with Crippen molar-refractivity contribution in [2.45, 2.75) is 44.9 Å². The first kappa shape index (κ1) is 13.2. The monoisotopic (exact) mass is 246 g/mol. The van der Waals surface area contributed by atoms with Crippen LogP contribution in [0.4, 0.5) is 0 Å². The molecule has 3 nitrogen and oxygen atoms in total. The maximum atomic E-state index is 12.6. The van der Waals surface area contributed by atoms with Crippen LogP contribution in [0.25, 0.3) is 0 Å². The van der Waals surface area contributed by atoms with Crippen molar-refractivity contribution < 1.29 is 4.79 Å². The predicted octanol–water partition coefficient (Wildman–Crippen LogP) is 2.49. The number of nitrogens with zero attached hydrogens (tertiary/aromatic N) is 1. The predicted molar refractivity (Wildman–Crippen MR) is 72.1 cm³/mol. The molecule has 0 amide bonds. The zero-order valence-electron chi connectivity index (χ0n) is 10.9. The molecule has 3 heteroatoms. The fraction of sp³-hybridized carbons (Fsp3) is 0.600. The van der Waals surface area contributed by atoms with Crippen LogP contribution < -0.4 is 5.73 Å². The standard InChI is InChI=1S/C15H22N2O/c16-12-15(7-3-1-2-4-8-15)14(18)11-13-5-9-17-10-6-13/h5-6,9-10H,1-4,7-8,11-12,16H2. The Balaban J connectivity index is 2.09. The molecular formula is C15H22N2O. The van der Waals surface area contributed by atoms with E-state index in [-0.39, 0.29) is 5.41 Å². The third-order valence-corrected chi connectivity index (χ3v) is 4.16. The average Bonchev–Trinajstić information content (AvgIpc) is 2.66. The quantitative estimate of drug-likeness (QED) is 0.830. The number of pyridine rings is 1. The van der Waals surface area contributed by atoms with Gasteiger partial charge in [0, 0.05) is 30.8 Å². The number of ketones is 1. The number of carbonyl (C=O) groups is 1. The number of rotatable bonds is 4. The summed E-state index contributed by atoms with van der Waals surface area (Å²) in [5.74, 6) is 0.318. The Morgan fingerprint density at radius 1 is 1.17 bits per heavy atom. The Morgan fingerprint density at radius 3 is 2.33 bits per heavy atom. The molecule has 1 saturated carbocycles. The van der Waals surface area contributed by atoms with Gasteiger partial charge in [-0.2, -0.15) is 0 Å². The van der Waals surface area contributed by atoms with Gasteiger partial charge in [0.05, 0.1) is 0 Å². The van der Waals surface area contributed by atoms with Crippen molar-refractivity contribution >= 4 is 5.78 Å². The summed E-state index contributed by atoms with van der Waals surface area (Å²) in [5, 5.41) is 0. The minimum atomic E-state index is -0.264. The molecule has 98 valence electrons. The van der Waals surface area contributed by atoms with E-state index >= 15 is 0 Å². The fourth-order valence-electron chi connectivity index (χ4n) is 2.88. The van der Waals surface area contributed by atoms with E-state index in [9.17, 15) is 4.79 Å². The lowest BCUT2D eigenvalue weighted by Crippen LogP contribution is -2.39. The van der Waals surface area contributed by atoms with E-state index in [2.05, 4.69) is 4.98 Å². The van der Waals surface area contributed by atoms with Crippen LogP contribution in [0.3, 0.4) is 0 Å². The van der Waals surface area contributed by atoms with Crippen molar-refractivity contribution in [3.63, 3.8) is 0 Å². The zero-order chi connectivity index (χ0) is 12.8. The van der Waals surface area contributed by atoms with E-state index in [0.29, 0.717) is 18.7 Å². The van der Waals surface area contributed by atoms with Crippen LogP contribution in [0, 0.1) is 5.41 Å². The van der Waals surface area contributed by atoms with Crippen LogP contribution in [0.2, 0.25) is 0 Å². The van der Waals surface area contributed by atoms with E-state index in [1.54, 1.807) is 12.4 Å². The molecule has 1 fully saturated rings. The Kier molecular flexibility index (Phi) is 4.48. The molecule has 1 aliphatic rings. The van der Waals surface area contributed by atoms with Crippen LogP contribution in [-0.4, -0.2) is 17.3 Å². The molecule has 0 bridgehead atoms. The summed E-state index contributed by atoms with van der Waals surface area (Å²) in [6.07, 6.45) is 10.7. The SMILES string of the molecule is NCC1(C(=O)Cc2ccncc2)CCCCCC1. The summed E-state index contributed by atoms with van der Waals surface area (Å²) in [6.45, 7) is 0.497. The summed E-state index contributed by atoms with van der Waals surface area (Å²) < 4.78 is 0. The molecule has 0 atom stereocenters. The van der Waals surface area contributed by atoms with E-state index in [4.69, 9.17) is 5.73 Å². The van der Waals surface area contributed by atoms with Crippen molar-refractivity contribution in [2.24, 2.45) is 11.1 Å². The molecule has 0 saturated heterocycles. The molecule has 2 N–H and O–H groups in total. The normalized spacial score (nSPS) is 19.2. The van der Waals surface area contributed by atoms with Crippen LogP contribution in [0.1, 0.15) is 44.1 Å². The highest BCUT2D eigenvalue weighted by molar-refractivity contribution is 5.87. The molecule has 1 aromatic heterocycles. The largest absolute Gasteiger partial charge is 0.329 e. The lowest BCUT2D eigenvalue weighted by molar-refractivity contribution is -0.128. The van der Waals surface area contributed by atoms with Gasteiger partial charge >= 0.3 is 0 Å². The molecule has 0 aliphatic heterocycles. The van der Waals surface area contributed by atoms with Crippen LogP contribution in [0.15, 0.2) is 24.5 Å². The van der Waals surface area contributed by atoms with Gasteiger partial charge in [0.15, 0.2) is 0 Å². The van der Waals surface area contributed by atoms with Gasteiger partial charge in [0.25, 0.3) is 0 Å². The molecule has 18 heavy (non-hydrogen) atoms. The lowest BCUT2D eigenvalue weighted by atomic mass is 9.75. The van der Waals surface area contributed by atoms with E-state index < -0.39 is 0 Å². The summed E-state index contributed by atoms with van der Waals surface area (Å²) in [7, 11) is 0. The smallest absolute Gasteiger partial charge is 0.144 e. The van der Waals surface area contributed by atoms with Gasteiger partial charge in [-0.1, -0.05) is 25.7 Å². The van der Waals surface area contributed by atoms with Crippen LogP contribution >= 0.6 is 0 Å². The maximum absolute atomic E-state index is 12.6. The molecule has 0 aromatic carbocycles. The number of Topliss-reactive ketones (excluding diaryl/α,β-unsaturated/α-hetero) is 1. The van der Waals surface area contributed by atoms with E-state index in [1.807, 2.05) is 12.1 Å². The highest BCUT2D eigenvalue weighted by Crippen LogP contribution is 2.35. The third kappa shape index (κ3) is 2.96. The highest BCUT2D eigenvalue weighted by atomic mass is 16.1. The molecule has 2 rings (SSSR count). The molecule has 0 unspecified atom stereocenters. The Bertz CT molecular complexity index is 381. The molecular weight excluding hydrogens is 224 g/mol. The first-order valence-corrected chi connectivity index (χ1v) is 6.89. The van der Waals surface area contributed by atoms with Gasteiger partial charge in [-0.25, -0.2) is 0 Å². The van der Waals surface area contributed by atoms with Crippen LogP contribution in [0.5, 0.6) is 0 Å². The second-order valence-corrected chi connectivity index (χ2v) is 5.35. The number of hydrogen-bond donors (Lipinski definition) is 1. The summed E-state index contributed by atoms with van der Waals surface area (Å²) in [4.78, 5) is 16.6. The zero-order valence-corrected chi connectivity index (χ0v) is 10.9. The number of nitrogens with two attached hydrogens (primary N) is 1. The summed E-state index contributed by atoms with van der Waals surface area (Å²) in [5.41, 5.74) is 6.71. The van der Waals surface area contributed by atoms with Gasteiger partial charge in [-0.3, -0.25) is 9.78 Å². The first-order valence-electron chi connectivity index (χ1n) is 6.89. The number of hydrogen-bond acceptors (Lipinski definition) is 3. The van der Waals surface area contributed by atoms with Crippen molar-refractivity contribution in [1.82, 2.24) is 4.98 Å². The minimum absolute atomic E-state index is 0.264. The number of carbonyl (C=O) groups excluding carboxylic acids is 1. The maximum Gasteiger partial charge on any atom is 0.144 e. The van der Waals surface area contributed by atoms with Crippen molar-refractivity contribution in [2.75, 3.05) is 6.54 Å². The Morgan fingerprint density at radius 2 is 1.78 bits per heavy atom. The summed E-state index contributed by atoms with van der Waals surface area (Å²) in [6, 6.07) is 3.83. The second kappa shape index (κ2) is 6.10. The lowest BCUT2D eigenvalue weighted by Gasteiger charge is -2.29. The van der Waals surface area contributed by atoms with Gasteiger partial charge in [0.2, 0.25) is 0 Å². The highest BCUT2D eigenvalue weighted by Gasteiger charge is 2.36. The first-order chi connectivity index (χ1) is 8.77.